The number of rotatable bonds is 3. The highest BCUT2D eigenvalue weighted by Crippen LogP contribution is 2.37. The third-order valence-electron chi connectivity index (χ3n) is 3.96. The van der Waals surface area contributed by atoms with Crippen molar-refractivity contribution >= 4 is 22.6 Å². The van der Waals surface area contributed by atoms with Crippen molar-refractivity contribution in [2.75, 3.05) is 0 Å². The number of hydrogen-bond acceptors (Lipinski definition) is 0. The molecule has 0 atom stereocenters. The second-order valence-corrected chi connectivity index (χ2v) is 6.34. The Balaban J connectivity index is 1.98. The molecule has 0 nitrogen and oxygen atoms in total. The summed E-state index contributed by atoms with van der Waals surface area (Å²) in [6.07, 6.45) is 7.80. The number of halogens is 2. The van der Waals surface area contributed by atoms with Crippen molar-refractivity contribution in [2.24, 2.45) is 5.92 Å². The highest BCUT2D eigenvalue weighted by molar-refractivity contribution is 14.1. The lowest BCUT2D eigenvalue weighted by atomic mass is 9.77. The van der Waals surface area contributed by atoms with E-state index in [0.717, 1.165) is 9.49 Å². The molecule has 94 valence electrons. The van der Waals surface area contributed by atoms with Crippen molar-refractivity contribution < 1.29 is 4.39 Å². The fraction of sp³-hybridized carbons (Fsp3) is 0.600. The molecule has 0 aliphatic heterocycles. The van der Waals surface area contributed by atoms with Crippen LogP contribution in [0.25, 0.3) is 0 Å². The molecular formula is C15H20FI. The fourth-order valence-corrected chi connectivity index (χ4v) is 3.29. The van der Waals surface area contributed by atoms with Crippen molar-refractivity contribution in [1.29, 1.82) is 0 Å². The third kappa shape index (κ3) is 3.43. The summed E-state index contributed by atoms with van der Waals surface area (Å²) < 4.78 is 14.3. The Morgan fingerprint density at radius 2 is 1.94 bits per heavy atom. The molecule has 2 rings (SSSR count). The standard InChI is InChI=1S/C15H20FI/c1-2-3-11-4-6-12(7-5-11)13-8-9-15(17)14(16)10-13/h8-12H,2-7H2,1H3/t11-,12-. The van der Waals surface area contributed by atoms with Gasteiger partial charge in [0.25, 0.3) is 0 Å². The van der Waals surface area contributed by atoms with E-state index in [2.05, 4.69) is 35.6 Å². The average molecular weight is 346 g/mol. The van der Waals surface area contributed by atoms with Crippen molar-refractivity contribution in [1.82, 2.24) is 0 Å². The molecule has 0 amide bonds. The molecular weight excluding hydrogens is 326 g/mol. The molecule has 1 aliphatic carbocycles. The van der Waals surface area contributed by atoms with Gasteiger partial charge in [-0.15, -0.1) is 0 Å². The van der Waals surface area contributed by atoms with Crippen LogP contribution < -0.4 is 0 Å². The highest BCUT2D eigenvalue weighted by Gasteiger charge is 2.22. The van der Waals surface area contributed by atoms with Crippen molar-refractivity contribution in [3.63, 3.8) is 0 Å². The molecule has 0 unspecified atom stereocenters. The SMILES string of the molecule is CCC[C@H]1CC[C@H](c2ccc(I)c(F)c2)CC1. The minimum atomic E-state index is -0.0567. The van der Waals surface area contributed by atoms with Crippen LogP contribution in [0.5, 0.6) is 0 Å². The summed E-state index contributed by atoms with van der Waals surface area (Å²) in [6.45, 7) is 2.26. The molecule has 2 heteroatoms. The summed E-state index contributed by atoms with van der Waals surface area (Å²) in [5.74, 6) is 1.46. The molecule has 17 heavy (non-hydrogen) atoms. The summed E-state index contributed by atoms with van der Waals surface area (Å²) >= 11 is 2.05. The van der Waals surface area contributed by atoms with Gasteiger partial charge in [0.05, 0.1) is 0 Å². The normalized spacial score (nSPS) is 24.9. The lowest BCUT2D eigenvalue weighted by Crippen LogP contribution is -2.13. The molecule has 1 fully saturated rings. The quantitative estimate of drug-likeness (QED) is 0.634. The summed E-state index contributed by atoms with van der Waals surface area (Å²) in [4.78, 5) is 0. The monoisotopic (exact) mass is 346 g/mol. The van der Waals surface area contributed by atoms with E-state index in [9.17, 15) is 4.39 Å². The number of hydrogen-bond donors (Lipinski definition) is 0. The molecule has 0 N–H and O–H groups in total. The lowest BCUT2D eigenvalue weighted by Gasteiger charge is -2.28. The first kappa shape index (κ1) is 13.3. The molecule has 1 aromatic carbocycles. The second-order valence-electron chi connectivity index (χ2n) is 5.18. The van der Waals surface area contributed by atoms with Crippen LogP contribution in [-0.2, 0) is 0 Å². The van der Waals surface area contributed by atoms with Crippen molar-refractivity contribution in [3.05, 3.63) is 33.1 Å². The van der Waals surface area contributed by atoms with Gasteiger partial charge >= 0.3 is 0 Å². The molecule has 1 aromatic rings. The fourth-order valence-electron chi connectivity index (χ4n) is 2.96. The molecule has 1 saturated carbocycles. The summed E-state index contributed by atoms with van der Waals surface area (Å²) in [7, 11) is 0. The van der Waals surface area contributed by atoms with Gasteiger partial charge in [0.2, 0.25) is 0 Å². The van der Waals surface area contributed by atoms with Crippen molar-refractivity contribution in [3.8, 4) is 0 Å². The molecule has 0 bridgehead atoms. The van der Waals surface area contributed by atoms with Gasteiger partial charge in [-0.25, -0.2) is 4.39 Å². The van der Waals surface area contributed by atoms with E-state index in [1.807, 2.05) is 6.07 Å². The van der Waals surface area contributed by atoms with Gasteiger partial charge in [0.1, 0.15) is 5.82 Å². The predicted octanol–water partition coefficient (Wildman–Crippen LogP) is 5.50. The molecule has 1 aliphatic rings. The number of benzene rings is 1. The minimum absolute atomic E-state index is 0.0567. The summed E-state index contributed by atoms with van der Waals surface area (Å²) in [6, 6.07) is 5.76. The summed E-state index contributed by atoms with van der Waals surface area (Å²) in [5, 5.41) is 0. The Hall–Kier alpha value is -0.120. The predicted molar refractivity (Wildman–Crippen MR) is 78.7 cm³/mol. The van der Waals surface area contributed by atoms with Gasteiger partial charge in [-0.2, -0.15) is 0 Å². The maximum absolute atomic E-state index is 13.5. The van der Waals surface area contributed by atoms with Gasteiger partial charge in [-0.1, -0.05) is 25.8 Å². The first-order valence-corrected chi connectivity index (χ1v) is 7.73. The zero-order valence-corrected chi connectivity index (χ0v) is 12.5. The third-order valence-corrected chi connectivity index (χ3v) is 4.83. The Bertz CT molecular complexity index is 367. The Morgan fingerprint density at radius 3 is 2.53 bits per heavy atom. The van der Waals surface area contributed by atoms with Crippen LogP contribution in [0.1, 0.15) is 56.9 Å². The maximum Gasteiger partial charge on any atom is 0.136 e. The van der Waals surface area contributed by atoms with Gasteiger partial charge in [-0.3, -0.25) is 0 Å². The van der Waals surface area contributed by atoms with Crippen LogP contribution in [-0.4, -0.2) is 0 Å². The highest BCUT2D eigenvalue weighted by atomic mass is 127. The maximum atomic E-state index is 13.5. The van der Waals surface area contributed by atoms with E-state index in [4.69, 9.17) is 0 Å². The largest absolute Gasteiger partial charge is 0.206 e. The zero-order valence-electron chi connectivity index (χ0n) is 10.4. The smallest absolute Gasteiger partial charge is 0.136 e. The zero-order chi connectivity index (χ0) is 12.3. The first-order valence-electron chi connectivity index (χ1n) is 6.65. The summed E-state index contributed by atoms with van der Waals surface area (Å²) in [5.41, 5.74) is 1.21. The van der Waals surface area contributed by atoms with E-state index < -0.39 is 0 Å². The molecule has 0 heterocycles. The Kier molecular flexibility index (Phi) is 4.83. The van der Waals surface area contributed by atoms with Gasteiger partial charge in [0, 0.05) is 3.57 Å². The van der Waals surface area contributed by atoms with Gasteiger partial charge < -0.3 is 0 Å². The minimum Gasteiger partial charge on any atom is -0.206 e. The second kappa shape index (κ2) is 6.17. The molecule has 0 saturated heterocycles. The van der Waals surface area contributed by atoms with Crippen LogP contribution in [0.2, 0.25) is 0 Å². The van der Waals surface area contributed by atoms with Crippen LogP contribution in [0.3, 0.4) is 0 Å². The van der Waals surface area contributed by atoms with Gasteiger partial charge in [-0.05, 0) is 77.8 Å². The molecule has 0 aromatic heterocycles. The van der Waals surface area contributed by atoms with E-state index in [-0.39, 0.29) is 5.82 Å². The Labute approximate surface area is 117 Å². The van der Waals surface area contributed by atoms with E-state index in [0.29, 0.717) is 5.92 Å². The van der Waals surface area contributed by atoms with Crippen LogP contribution in [0, 0.1) is 15.3 Å². The van der Waals surface area contributed by atoms with E-state index >= 15 is 0 Å². The Morgan fingerprint density at radius 1 is 1.24 bits per heavy atom. The average Bonchev–Trinajstić information content (AvgIpc) is 2.34. The van der Waals surface area contributed by atoms with E-state index in [1.165, 1.54) is 44.1 Å². The molecule has 0 radical (unpaired) electrons. The molecule has 0 spiro atoms. The lowest BCUT2D eigenvalue weighted by molar-refractivity contribution is 0.308. The van der Waals surface area contributed by atoms with Gasteiger partial charge in [0.15, 0.2) is 0 Å². The van der Waals surface area contributed by atoms with E-state index in [1.54, 1.807) is 6.07 Å². The topological polar surface area (TPSA) is 0 Å². The van der Waals surface area contributed by atoms with Crippen molar-refractivity contribution in [2.45, 2.75) is 51.4 Å². The van der Waals surface area contributed by atoms with Crippen LogP contribution in [0.4, 0.5) is 4.39 Å². The van der Waals surface area contributed by atoms with Crippen LogP contribution in [0.15, 0.2) is 18.2 Å². The first-order chi connectivity index (χ1) is 8.20. The van der Waals surface area contributed by atoms with Crippen LogP contribution >= 0.6 is 22.6 Å².